The molecule has 0 saturated carbocycles. The van der Waals surface area contributed by atoms with Gasteiger partial charge in [0.15, 0.2) is 6.10 Å². The molecule has 0 radical (unpaired) electrons. The minimum atomic E-state index is -1.09. The zero-order valence-electron chi connectivity index (χ0n) is 10.0. The summed E-state index contributed by atoms with van der Waals surface area (Å²) in [6.45, 7) is 2.96. The third kappa shape index (κ3) is 4.37. The van der Waals surface area contributed by atoms with Crippen molar-refractivity contribution < 1.29 is 19.4 Å². The van der Waals surface area contributed by atoms with Gasteiger partial charge in [0.1, 0.15) is 11.8 Å². The fourth-order valence-electron chi connectivity index (χ4n) is 1.19. The van der Waals surface area contributed by atoms with Gasteiger partial charge in [0, 0.05) is 4.47 Å². The fourth-order valence-corrected chi connectivity index (χ4v) is 1.57. The number of carbonyl (C=O) groups is 2. The van der Waals surface area contributed by atoms with Crippen LogP contribution >= 0.6 is 15.9 Å². The van der Waals surface area contributed by atoms with Crippen molar-refractivity contribution in [2.75, 3.05) is 0 Å². The highest BCUT2D eigenvalue weighted by atomic mass is 79.9. The molecule has 0 heterocycles. The van der Waals surface area contributed by atoms with Crippen molar-refractivity contribution in [1.82, 2.24) is 5.32 Å². The first kappa shape index (κ1) is 14.5. The molecule has 0 aliphatic heterocycles. The minimum absolute atomic E-state index is 0.468. The van der Waals surface area contributed by atoms with Gasteiger partial charge in [-0.1, -0.05) is 22.0 Å². The predicted octanol–water partition coefficient (Wildman–Crippen LogP) is 1.81. The van der Waals surface area contributed by atoms with Gasteiger partial charge in [0.2, 0.25) is 0 Å². The van der Waals surface area contributed by atoms with Crippen molar-refractivity contribution in [2.24, 2.45) is 0 Å². The highest BCUT2D eigenvalue weighted by Gasteiger charge is 2.20. The highest BCUT2D eigenvalue weighted by Crippen LogP contribution is 2.18. The molecule has 0 bridgehead atoms. The summed E-state index contributed by atoms with van der Waals surface area (Å²) in [5.41, 5.74) is 0. The van der Waals surface area contributed by atoms with E-state index >= 15 is 0 Å². The van der Waals surface area contributed by atoms with Crippen molar-refractivity contribution >= 4 is 27.8 Å². The molecule has 98 valence electrons. The number of carboxylic acids is 1. The lowest BCUT2D eigenvalue weighted by Crippen LogP contribution is -2.44. The number of ether oxygens (including phenoxy) is 1. The molecule has 0 aromatic heterocycles. The van der Waals surface area contributed by atoms with Crippen LogP contribution in [0.2, 0.25) is 0 Å². The van der Waals surface area contributed by atoms with Gasteiger partial charge < -0.3 is 15.2 Å². The van der Waals surface area contributed by atoms with Gasteiger partial charge >= 0.3 is 5.97 Å². The highest BCUT2D eigenvalue weighted by molar-refractivity contribution is 9.10. The minimum Gasteiger partial charge on any atom is -0.481 e. The van der Waals surface area contributed by atoms with Crippen LogP contribution in [0.1, 0.15) is 13.8 Å². The Hall–Kier alpha value is -1.56. The van der Waals surface area contributed by atoms with Gasteiger partial charge in [0.05, 0.1) is 0 Å². The van der Waals surface area contributed by atoms with Crippen molar-refractivity contribution in [3.63, 3.8) is 0 Å². The molecule has 0 aliphatic rings. The van der Waals surface area contributed by atoms with Gasteiger partial charge in [-0.05, 0) is 32.0 Å². The molecule has 1 aromatic carbocycles. The number of benzene rings is 1. The Morgan fingerprint density at radius 1 is 1.39 bits per heavy atom. The van der Waals surface area contributed by atoms with Crippen molar-refractivity contribution in [1.29, 1.82) is 0 Å². The molecular weight excluding hydrogens is 302 g/mol. The molecule has 5 nitrogen and oxygen atoms in total. The molecule has 2 N–H and O–H groups in total. The van der Waals surface area contributed by atoms with Gasteiger partial charge in [-0.3, -0.25) is 9.59 Å². The molecule has 2 atom stereocenters. The van der Waals surface area contributed by atoms with E-state index in [2.05, 4.69) is 21.2 Å². The molecule has 0 fully saturated rings. The lowest BCUT2D eigenvalue weighted by molar-refractivity contribution is -0.142. The Bertz CT molecular complexity index is 449. The van der Waals surface area contributed by atoms with E-state index in [0.717, 1.165) is 4.47 Å². The maximum atomic E-state index is 11.6. The van der Waals surface area contributed by atoms with Crippen molar-refractivity contribution in [3.8, 4) is 5.75 Å². The summed E-state index contributed by atoms with van der Waals surface area (Å²) in [6.07, 6.45) is -0.763. The number of rotatable bonds is 5. The molecule has 1 rings (SSSR count). The van der Waals surface area contributed by atoms with Crippen LogP contribution in [0.5, 0.6) is 5.75 Å². The van der Waals surface area contributed by atoms with Crippen LogP contribution in [-0.4, -0.2) is 29.1 Å². The summed E-state index contributed by atoms with van der Waals surface area (Å²) in [6, 6.07) is 6.12. The van der Waals surface area contributed by atoms with E-state index in [9.17, 15) is 9.59 Å². The molecule has 1 amide bonds. The molecule has 6 heteroatoms. The van der Waals surface area contributed by atoms with Crippen LogP contribution in [0.25, 0.3) is 0 Å². The fraction of sp³-hybridized carbons (Fsp3) is 0.333. The van der Waals surface area contributed by atoms with Crippen LogP contribution < -0.4 is 10.1 Å². The smallest absolute Gasteiger partial charge is 0.325 e. The van der Waals surface area contributed by atoms with Gasteiger partial charge in [-0.2, -0.15) is 0 Å². The first-order chi connectivity index (χ1) is 8.40. The Morgan fingerprint density at radius 3 is 2.61 bits per heavy atom. The standard InChI is InChI=1S/C12H14BrNO4/c1-7(12(16)17)14-11(15)8(2)18-10-5-3-4-9(13)6-10/h3-8H,1-2H3,(H,14,15)(H,16,17)/t7-,8?/m1/s1. The summed E-state index contributed by atoms with van der Waals surface area (Å²) in [5, 5.41) is 11.0. The number of halogens is 1. The first-order valence-corrected chi connectivity index (χ1v) is 6.15. The van der Waals surface area contributed by atoms with E-state index in [1.807, 2.05) is 6.07 Å². The van der Waals surface area contributed by atoms with E-state index in [1.54, 1.807) is 25.1 Å². The summed E-state index contributed by atoms with van der Waals surface area (Å²) in [5.74, 6) is -1.02. The van der Waals surface area contributed by atoms with Crippen LogP contribution in [0.3, 0.4) is 0 Å². The third-order valence-electron chi connectivity index (χ3n) is 2.21. The average molecular weight is 316 g/mol. The SMILES string of the molecule is CC(Oc1cccc(Br)c1)C(=O)N[C@H](C)C(=O)O. The average Bonchev–Trinajstić information content (AvgIpc) is 2.28. The number of aliphatic carboxylic acids is 1. The second-order valence-corrected chi connectivity index (χ2v) is 4.70. The zero-order valence-corrected chi connectivity index (χ0v) is 11.6. The number of nitrogens with one attached hydrogen (secondary N) is 1. The summed E-state index contributed by atoms with van der Waals surface area (Å²) < 4.78 is 6.24. The molecular formula is C12H14BrNO4. The lowest BCUT2D eigenvalue weighted by atomic mass is 10.3. The Balaban J connectivity index is 2.57. The Labute approximate surface area is 113 Å². The number of carbonyl (C=O) groups excluding carboxylic acids is 1. The molecule has 18 heavy (non-hydrogen) atoms. The molecule has 1 unspecified atom stereocenters. The van der Waals surface area contributed by atoms with Crippen LogP contribution in [0.4, 0.5) is 0 Å². The van der Waals surface area contributed by atoms with Crippen LogP contribution in [0, 0.1) is 0 Å². The van der Waals surface area contributed by atoms with Crippen molar-refractivity contribution in [2.45, 2.75) is 26.0 Å². The monoisotopic (exact) mass is 315 g/mol. The largest absolute Gasteiger partial charge is 0.481 e. The Kier molecular flexibility index (Phi) is 5.15. The second kappa shape index (κ2) is 6.39. The number of hydrogen-bond acceptors (Lipinski definition) is 3. The lowest BCUT2D eigenvalue weighted by Gasteiger charge is -2.16. The zero-order chi connectivity index (χ0) is 13.7. The third-order valence-corrected chi connectivity index (χ3v) is 2.70. The normalized spacial score (nSPS) is 13.5. The topological polar surface area (TPSA) is 75.6 Å². The molecule has 0 saturated heterocycles. The van der Waals surface area contributed by atoms with Crippen LogP contribution in [-0.2, 0) is 9.59 Å². The molecule has 0 spiro atoms. The molecule has 1 aromatic rings. The summed E-state index contributed by atoms with van der Waals surface area (Å²) >= 11 is 3.29. The number of hydrogen-bond donors (Lipinski definition) is 2. The van der Waals surface area contributed by atoms with Crippen molar-refractivity contribution in [3.05, 3.63) is 28.7 Å². The number of amides is 1. The Morgan fingerprint density at radius 2 is 2.06 bits per heavy atom. The van der Waals surface area contributed by atoms with E-state index in [0.29, 0.717) is 5.75 Å². The molecule has 0 aliphatic carbocycles. The summed E-state index contributed by atoms with van der Waals surface area (Å²) in [4.78, 5) is 22.2. The van der Waals surface area contributed by atoms with Gasteiger partial charge in [-0.25, -0.2) is 0 Å². The van der Waals surface area contributed by atoms with E-state index in [-0.39, 0.29) is 0 Å². The first-order valence-electron chi connectivity index (χ1n) is 5.35. The van der Waals surface area contributed by atoms with Gasteiger partial charge in [-0.15, -0.1) is 0 Å². The predicted molar refractivity (Wildman–Crippen MR) is 69.5 cm³/mol. The summed E-state index contributed by atoms with van der Waals surface area (Å²) in [7, 11) is 0. The number of carboxylic acid groups (broad SMARTS) is 1. The maximum Gasteiger partial charge on any atom is 0.325 e. The van der Waals surface area contributed by atoms with Crippen LogP contribution in [0.15, 0.2) is 28.7 Å². The van der Waals surface area contributed by atoms with E-state index in [4.69, 9.17) is 9.84 Å². The quantitative estimate of drug-likeness (QED) is 0.869. The maximum absolute atomic E-state index is 11.6. The second-order valence-electron chi connectivity index (χ2n) is 3.79. The van der Waals surface area contributed by atoms with E-state index in [1.165, 1.54) is 6.92 Å². The van der Waals surface area contributed by atoms with E-state index < -0.39 is 24.0 Å². The van der Waals surface area contributed by atoms with Gasteiger partial charge in [0.25, 0.3) is 5.91 Å².